The van der Waals surface area contributed by atoms with Gasteiger partial charge in [-0.2, -0.15) is 0 Å². The van der Waals surface area contributed by atoms with Gasteiger partial charge in [-0.1, -0.05) is 6.08 Å². The van der Waals surface area contributed by atoms with Gasteiger partial charge in [-0.25, -0.2) is 0 Å². The van der Waals surface area contributed by atoms with Gasteiger partial charge in [0.05, 0.1) is 5.69 Å². The van der Waals surface area contributed by atoms with Gasteiger partial charge in [-0.3, -0.25) is 9.78 Å². The topological polar surface area (TPSA) is 68.0 Å². The molecular formula is C11H15N3O. The van der Waals surface area contributed by atoms with Crippen molar-refractivity contribution in [2.45, 2.75) is 13.3 Å². The molecule has 15 heavy (non-hydrogen) atoms. The second-order valence-electron chi connectivity index (χ2n) is 3.19. The molecule has 0 spiro atoms. The number of aromatic nitrogens is 1. The van der Waals surface area contributed by atoms with Gasteiger partial charge >= 0.3 is 0 Å². The van der Waals surface area contributed by atoms with Gasteiger partial charge in [-0.05, 0) is 24.6 Å². The molecule has 0 aliphatic heterocycles. The fraction of sp³-hybridized carbons (Fsp3) is 0.273. The van der Waals surface area contributed by atoms with E-state index in [1.165, 1.54) is 6.92 Å². The van der Waals surface area contributed by atoms with E-state index in [2.05, 4.69) is 10.3 Å². The van der Waals surface area contributed by atoms with Crippen LogP contribution in [-0.2, 0) is 4.79 Å². The number of nitrogens with two attached hydrogens (primary N) is 1. The molecule has 0 unspecified atom stereocenters. The molecule has 0 saturated heterocycles. The standard InChI is InChI=1S/C11H15N3O/c1-9(15)13-6-3-2-4-11-8-10(12)5-7-14-11/h2,4-5,7-8H,3,6H2,1H3,(H2,12,14)(H,13,15). The first kappa shape index (κ1) is 11.2. The molecule has 1 aromatic heterocycles. The van der Waals surface area contributed by atoms with Crippen LogP contribution in [0.1, 0.15) is 19.0 Å². The van der Waals surface area contributed by atoms with Crippen molar-refractivity contribution in [1.29, 1.82) is 0 Å². The van der Waals surface area contributed by atoms with Gasteiger partial charge < -0.3 is 11.1 Å². The van der Waals surface area contributed by atoms with Gasteiger partial charge in [-0.15, -0.1) is 0 Å². The SMILES string of the molecule is CC(=O)NCCC=Cc1cc(N)ccn1. The molecule has 1 aromatic rings. The van der Waals surface area contributed by atoms with E-state index >= 15 is 0 Å². The van der Waals surface area contributed by atoms with Crippen molar-refractivity contribution >= 4 is 17.7 Å². The molecule has 0 aliphatic carbocycles. The van der Waals surface area contributed by atoms with Gasteiger partial charge in [0.25, 0.3) is 0 Å². The van der Waals surface area contributed by atoms with E-state index in [9.17, 15) is 4.79 Å². The summed E-state index contributed by atoms with van der Waals surface area (Å²) in [6.45, 7) is 2.15. The Morgan fingerprint density at radius 2 is 2.47 bits per heavy atom. The van der Waals surface area contributed by atoms with Crippen LogP contribution in [0.2, 0.25) is 0 Å². The Kier molecular flexibility index (Phi) is 4.34. The van der Waals surface area contributed by atoms with E-state index in [0.717, 1.165) is 12.1 Å². The zero-order valence-electron chi connectivity index (χ0n) is 8.73. The summed E-state index contributed by atoms with van der Waals surface area (Å²) in [5.41, 5.74) is 7.13. The quantitative estimate of drug-likeness (QED) is 0.726. The summed E-state index contributed by atoms with van der Waals surface area (Å²) >= 11 is 0. The minimum absolute atomic E-state index is 0.00881. The lowest BCUT2D eigenvalue weighted by Gasteiger charge is -1.97. The highest BCUT2D eigenvalue weighted by Crippen LogP contribution is 2.04. The third-order valence-corrected chi connectivity index (χ3v) is 1.78. The Morgan fingerprint density at radius 1 is 1.67 bits per heavy atom. The van der Waals surface area contributed by atoms with Crippen molar-refractivity contribution in [3.63, 3.8) is 0 Å². The summed E-state index contributed by atoms with van der Waals surface area (Å²) < 4.78 is 0. The lowest BCUT2D eigenvalue weighted by Crippen LogP contribution is -2.20. The van der Waals surface area contributed by atoms with Crippen LogP contribution in [0.3, 0.4) is 0 Å². The average Bonchev–Trinajstić information content (AvgIpc) is 2.17. The number of pyridine rings is 1. The number of rotatable bonds is 4. The highest BCUT2D eigenvalue weighted by Gasteiger charge is 1.90. The normalized spacial score (nSPS) is 10.5. The van der Waals surface area contributed by atoms with Gasteiger partial charge in [0.2, 0.25) is 5.91 Å². The van der Waals surface area contributed by atoms with Crippen LogP contribution in [0.15, 0.2) is 24.4 Å². The number of hydrogen-bond acceptors (Lipinski definition) is 3. The molecule has 4 heteroatoms. The average molecular weight is 205 g/mol. The zero-order valence-corrected chi connectivity index (χ0v) is 8.73. The first-order valence-corrected chi connectivity index (χ1v) is 4.81. The van der Waals surface area contributed by atoms with Crippen LogP contribution in [0.5, 0.6) is 0 Å². The third-order valence-electron chi connectivity index (χ3n) is 1.78. The van der Waals surface area contributed by atoms with Crippen molar-refractivity contribution in [1.82, 2.24) is 10.3 Å². The monoisotopic (exact) mass is 205 g/mol. The fourth-order valence-corrected chi connectivity index (χ4v) is 1.09. The Bertz CT molecular complexity index is 361. The number of anilines is 1. The summed E-state index contributed by atoms with van der Waals surface area (Å²) in [6.07, 6.45) is 6.30. The molecule has 3 N–H and O–H groups in total. The smallest absolute Gasteiger partial charge is 0.216 e. The molecule has 0 atom stereocenters. The van der Waals surface area contributed by atoms with E-state index < -0.39 is 0 Å². The summed E-state index contributed by atoms with van der Waals surface area (Å²) in [5, 5.41) is 2.71. The number of carbonyl (C=O) groups excluding carboxylic acids is 1. The maximum absolute atomic E-state index is 10.6. The van der Waals surface area contributed by atoms with Crippen LogP contribution in [-0.4, -0.2) is 17.4 Å². The van der Waals surface area contributed by atoms with Crippen molar-refractivity contribution in [3.05, 3.63) is 30.1 Å². The number of nitrogens with zero attached hydrogens (tertiary/aromatic N) is 1. The molecule has 1 heterocycles. The van der Waals surface area contributed by atoms with E-state index in [0.29, 0.717) is 12.2 Å². The molecule has 0 aliphatic rings. The third kappa shape index (κ3) is 4.81. The van der Waals surface area contributed by atoms with E-state index in [4.69, 9.17) is 5.73 Å². The summed E-state index contributed by atoms with van der Waals surface area (Å²) in [5.74, 6) is -0.00881. The first-order valence-electron chi connectivity index (χ1n) is 4.81. The number of carbonyl (C=O) groups is 1. The maximum atomic E-state index is 10.6. The number of nitrogens with one attached hydrogen (secondary N) is 1. The number of amides is 1. The molecule has 0 radical (unpaired) electrons. The van der Waals surface area contributed by atoms with E-state index in [1.807, 2.05) is 12.2 Å². The van der Waals surface area contributed by atoms with Gasteiger partial charge in [0, 0.05) is 25.4 Å². The molecule has 80 valence electrons. The first-order chi connectivity index (χ1) is 7.18. The summed E-state index contributed by atoms with van der Waals surface area (Å²) in [7, 11) is 0. The molecule has 4 nitrogen and oxygen atoms in total. The second kappa shape index (κ2) is 5.80. The predicted octanol–water partition coefficient (Wildman–Crippen LogP) is 1.20. The number of nitrogen functional groups attached to an aromatic ring is 1. The van der Waals surface area contributed by atoms with Crippen molar-refractivity contribution in [3.8, 4) is 0 Å². The fourth-order valence-electron chi connectivity index (χ4n) is 1.09. The minimum Gasteiger partial charge on any atom is -0.399 e. The maximum Gasteiger partial charge on any atom is 0.216 e. The molecule has 1 amide bonds. The van der Waals surface area contributed by atoms with Crippen LogP contribution in [0.25, 0.3) is 6.08 Å². The van der Waals surface area contributed by atoms with Crippen LogP contribution < -0.4 is 11.1 Å². The van der Waals surface area contributed by atoms with Crippen molar-refractivity contribution in [2.75, 3.05) is 12.3 Å². The second-order valence-corrected chi connectivity index (χ2v) is 3.19. The molecule has 0 fully saturated rings. The van der Waals surface area contributed by atoms with Gasteiger partial charge in [0.15, 0.2) is 0 Å². The molecule has 0 aromatic carbocycles. The summed E-state index contributed by atoms with van der Waals surface area (Å²) in [6, 6.07) is 3.55. The Morgan fingerprint density at radius 3 is 3.13 bits per heavy atom. The Balaban J connectivity index is 2.35. The lowest BCUT2D eigenvalue weighted by atomic mass is 10.3. The largest absolute Gasteiger partial charge is 0.399 e. The Labute approximate surface area is 89.2 Å². The zero-order chi connectivity index (χ0) is 11.1. The van der Waals surface area contributed by atoms with E-state index in [1.54, 1.807) is 18.3 Å². The van der Waals surface area contributed by atoms with Crippen LogP contribution in [0.4, 0.5) is 5.69 Å². The van der Waals surface area contributed by atoms with Crippen molar-refractivity contribution in [2.24, 2.45) is 0 Å². The van der Waals surface area contributed by atoms with Crippen LogP contribution in [0, 0.1) is 0 Å². The van der Waals surface area contributed by atoms with Gasteiger partial charge in [0.1, 0.15) is 0 Å². The highest BCUT2D eigenvalue weighted by molar-refractivity contribution is 5.72. The molecule has 0 saturated carbocycles. The Hall–Kier alpha value is -1.84. The molecule has 0 bridgehead atoms. The van der Waals surface area contributed by atoms with Crippen LogP contribution >= 0.6 is 0 Å². The molecule has 1 rings (SSSR count). The highest BCUT2D eigenvalue weighted by atomic mass is 16.1. The van der Waals surface area contributed by atoms with E-state index in [-0.39, 0.29) is 5.91 Å². The van der Waals surface area contributed by atoms with Crippen molar-refractivity contribution < 1.29 is 4.79 Å². The lowest BCUT2D eigenvalue weighted by molar-refractivity contribution is -0.118. The predicted molar refractivity (Wildman–Crippen MR) is 61.0 cm³/mol. The number of hydrogen-bond donors (Lipinski definition) is 2. The molecular weight excluding hydrogens is 190 g/mol. The minimum atomic E-state index is -0.00881. The summed E-state index contributed by atoms with van der Waals surface area (Å²) in [4.78, 5) is 14.7.